The quantitative estimate of drug-likeness (QED) is 0.574. The molecule has 1 aliphatic rings. The van der Waals surface area contributed by atoms with E-state index >= 15 is 0 Å². The predicted molar refractivity (Wildman–Crippen MR) is 123 cm³/mol. The number of hydrogen-bond donors (Lipinski definition) is 0. The monoisotopic (exact) mass is 420 g/mol. The lowest BCUT2D eigenvalue weighted by Gasteiger charge is -2.20. The van der Waals surface area contributed by atoms with Gasteiger partial charge in [0.15, 0.2) is 23.0 Å². The fraction of sp³-hybridized carbons (Fsp3) is 0.360. The van der Waals surface area contributed by atoms with Gasteiger partial charge in [0.2, 0.25) is 0 Å². The summed E-state index contributed by atoms with van der Waals surface area (Å²) in [6.45, 7) is 7.02. The maximum absolute atomic E-state index is 5.88. The van der Waals surface area contributed by atoms with Crippen molar-refractivity contribution in [2.75, 3.05) is 27.4 Å². The lowest BCUT2D eigenvalue weighted by Crippen LogP contribution is -2.14. The van der Waals surface area contributed by atoms with Gasteiger partial charge in [-0.05, 0) is 56.2 Å². The summed E-state index contributed by atoms with van der Waals surface area (Å²) in [5, 5.41) is 8.99. The van der Waals surface area contributed by atoms with Crippen LogP contribution in [-0.2, 0) is 0 Å². The Bertz CT molecular complexity index is 1050. The number of fused-ring (bicyclic) bond motifs is 1. The number of ether oxygens (including phenoxy) is 4. The van der Waals surface area contributed by atoms with Crippen LogP contribution < -0.4 is 18.9 Å². The standard InChI is InChI=1S/C25H28N2O4/c1-7-17-18-14-23(30-9-3)24(31-10-4)15-19(18)25(27-26-20(17)8-2)16-11-12-21(28-5)22(13-16)29-6/h2,11-15,17H,7,9-10H2,1,3-6H3. The van der Waals surface area contributed by atoms with E-state index < -0.39 is 0 Å². The average molecular weight is 421 g/mol. The molecule has 0 radical (unpaired) electrons. The van der Waals surface area contributed by atoms with Gasteiger partial charge in [0.1, 0.15) is 11.4 Å². The SMILES string of the molecule is C#CC1=NN=C(c2ccc(OC)c(OC)c2)c2cc(OCC)c(OCC)cc2C1CC. The molecule has 1 unspecified atom stereocenters. The highest BCUT2D eigenvalue weighted by atomic mass is 16.5. The average Bonchev–Trinajstić information content (AvgIpc) is 2.95. The molecule has 6 heteroatoms. The number of methoxy groups -OCH3 is 2. The molecule has 2 aromatic rings. The summed E-state index contributed by atoms with van der Waals surface area (Å²) in [4.78, 5) is 0. The summed E-state index contributed by atoms with van der Waals surface area (Å²) in [7, 11) is 3.21. The van der Waals surface area contributed by atoms with Crippen molar-refractivity contribution in [1.29, 1.82) is 0 Å². The highest BCUT2D eigenvalue weighted by Gasteiger charge is 2.27. The van der Waals surface area contributed by atoms with Gasteiger partial charge in [0.25, 0.3) is 0 Å². The van der Waals surface area contributed by atoms with Crippen molar-refractivity contribution in [1.82, 2.24) is 0 Å². The zero-order valence-corrected chi connectivity index (χ0v) is 18.7. The minimum absolute atomic E-state index is 0.0729. The van der Waals surface area contributed by atoms with Crippen molar-refractivity contribution >= 4 is 11.4 Å². The molecule has 0 bridgehead atoms. The van der Waals surface area contributed by atoms with Gasteiger partial charge in [-0.3, -0.25) is 0 Å². The van der Waals surface area contributed by atoms with E-state index in [9.17, 15) is 0 Å². The lowest BCUT2D eigenvalue weighted by atomic mass is 9.85. The Morgan fingerprint density at radius 2 is 1.55 bits per heavy atom. The minimum Gasteiger partial charge on any atom is -0.493 e. The highest BCUT2D eigenvalue weighted by Crippen LogP contribution is 2.39. The van der Waals surface area contributed by atoms with Crippen LogP contribution >= 0.6 is 0 Å². The molecule has 1 aliphatic heterocycles. The molecule has 0 saturated carbocycles. The van der Waals surface area contributed by atoms with Gasteiger partial charge in [-0.1, -0.05) is 12.8 Å². The van der Waals surface area contributed by atoms with Gasteiger partial charge < -0.3 is 18.9 Å². The molecule has 0 saturated heterocycles. The molecule has 2 aromatic carbocycles. The summed E-state index contributed by atoms with van der Waals surface area (Å²) in [6, 6.07) is 9.64. The largest absolute Gasteiger partial charge is 0.493 e. The fourth-order valence-electron chi connectivity index (χ4n) is 3.72. The molecule has 6 nitrogen and oxygen atoms in total. The number of benzene rings is 2. The van der Waals surface area contributed by atoms with Crippen molar-refractivity contribution in [3.63, 3.8) is 0 Å². The fourth-order valence-corrected chi connectivity index (χ4v) is 3.72. The van der Waals surface area contributed by atoms with Crippen LogP contribution in [-0.4, -0.2) is 38.9 Å². The van der Waals surface area contributed by atoms with Crippen LogP contribution in [0.15, 0.2) is 40.5 Å². The van der Waals surface area contributed by atoms with Gasteiger partial charge in [-0.2, -0.15) is 0 Å². The Labute approximate surface area is 183 Å². The molecule has 0 fully saturated rings. The maximum Gasteiger partial charge on any atom is 0.161 e. The third-order valence-corrected chi connectivity index (χ3v) is 5.15. The minimum atomic E-state index is -0.0729. The van der Waals surface area contributed by atoms with E-state index in [0.29, 0.717) is 47.6 Å². The molecule has 0 aliphatic carbocycles. The number of hydrogen-bond acceptors (Lipinski definition) is 6. The van der Waals surface area contributed by atoms with Gasteiger partial charge in [-0.15, -0.1) is 16.6 Å². The van der Waals surface area contributed by atoms with Crippen LogP contribution in [0.4, 0.5) is 0 Å². The van der Waals surface area contributed by atoms with E-state index in [2.05, 4.69) is 23.0 Å². The van der Waals surface area contributed by atoms with Crippen LogP contribution in [0, 0.1) is 12.3 Å². The van der Waals surface area contributed by atoms with Crippen LogP contribution in [0.5, 0.6) is 23.0 Å². The van der Waals surface area contributed by atoms with Crippen molar-refractivity contribution in [2.45, 2.75) is 33.1 Å². The molecule has 3 rings (SSSR count). The maximum atomic E-state index is 5.88. The normalized spacial score (nSPS) is 15.0. The van der Waals surface area contributed by atoms with Crippen molar-refractivity contribution in [3.05, 3.63) is 47.0 Å². The van der Waals surface area contributed by atoms with E-state index in [-0.39, 0.29) is 5.92 Å². The Morgan fingerprint density at radius 3 is 2.13 bits per heavy atom. The summed E-state index contributed by atoms with van der Waals surface area (Å²) in [5.74, 6) is 5.24. The Morgan fingerprint density at radius 1 is 0.871 bits per heavy atom. The number of nitrogens with zero attached hydrogens (tertiary/aromatic N) is 2. The Hall–Kier alpha value is -3.46. The Kier molecular flexibility index (Phi) is 7.19. The first kappa shape index (κ1) is 22.2. The first-order valence-electron chi connectivity index (χ1n) is 10.4. The number of rotatable bonds is 8. The molecule has 0 N–H and O–H groups in total. The summed E-state index contributed by atoms with van der Waals surface area (Å²) in [5.41, 5.74) is 4.02. The zero-order valence-electron chi connectivity index (χ0n) is 18.7. The van der Waals surface area contributed by atoms with E-state index in [1.54, 1.807) is 14.2 Å². The third-order valence-electron chi connectivity index (χ3n) is 5.15. The van der Waals surface area contributed by atoms with E-state index in [1.165, 1.54) is 0 Å². The predicted octanol–water partition coefficient (Wildman–Crippen LogP) is 4.84. The first-order chi connectivity index (χ1) is 15.1. The number of terminal acetylenes is 1. The van der Waals surface area contributed by atoms with Crippen LogP contribution in [0.2, 0.25) is 0 Å². The topological polar surface area (TPSA) is 61.6 Å². The van der Waals surface area contributed by atoms with Crippen molar-refractivity contribution in [2.24, 2.45) is 10.2 Å². The van der Waals surface area contributed by atoms with Crippen molar-refractivity contribution < 1.29 is 18.9 Å². The van der Waals surface area contributed by atoms with E-state index in [4.69, 9.17) is 25.4 Å². The molecule has 1 atom stereocenters. The van der Waals surface area contributed by atoms with Gasteiger partial charge in [0.05, 0.1) is 27.4 Å². The molecular formula is C25H28N2O4. The van der Waals surface area contributed by atoms with Crippen LogP contribution in [0.1, 0.15) is 49.8 Å². The molecular weight excluding hydrogens is 392 g/mol. The first-order valence-corrected chi connectivity index (χ1v) is 10.4. The van der Waals surface area contributed by atoms with E-state index in [1.807, 2.05) is 44.2 Å². The molecule has 0 aromatic heterocycles. The van der Waals surface area contributed by atoms with Gasteiger partial charge in [-0.25, -0.2) is 0 Å². The molecule has 0 amide bonds. The molecule has 162 valence electrons. The van der Waals surface area contributed by atoms with Crippen LogP contribution in [0.3, 0.4) is 0 Å². The Balaban J connectivity index is 2.28. The summed E-state index contributed by atoms with van der Waals surface area (Å²) < 4.78 is 22.6. The molecule has 0 spiro atoms. The van der Waals surface area contributed by atoms with Gasteiger partial charge >= 0.3 is 0 Å². The highest BCUT2D eigenvalue weighted by molar-refractivity contribution is 6.17. The molecule has 1 heterocycles. The van der Waals surface area contributed by atoms with Crippen LogP contribution in [0.25, 0.3) is 0 Å². The second-order valence-corrected chi connectivity index (χ2v) is 6.86. The van der Waals surface area contributed by atoms with Crippen molar-refractivity contribution in [3.8, 4) is 35.3 Å². The second-order valence-electron chi connectivity index (χ2n) is 6.86. The molecule has 31 heavy (non-hydrogen) atoms. The summed E-state index contributed by atoms with van der Waals surface area (Å²) >= 11 is 0. The van der Waals surface area contributed by atoms with E-state index in [0.717, 1.165) is 23.1 Å². The zero-order chi connectivity index (χ0) is 22.4. The summed E-state index contributed by atoms with van der Waals surface area (Å²) in [6.07, 6.45) is 6.58. The lowest BCUT2D eigenvalue weighted by molar-refractivity contribution is 0.287. The second kappa shape index (κ2) is 10.0. The smallest absolute Gasteiger partial charge is 0.161 e. The van der Waals surface area contributed by atoms with Gasteiger partial charge in [0, 0.05) is 17.0 Å². The third kappa shape index (κ3) is 4.36.